The standard InChI is InChI=1S/C26H25ClFN5O3/c1-17(34)26-20-8-2-3-10-22(20)33(31-26)16-24(36)32(14-18-6-5-11-29-12-18)15-23(35)30-13-19-7-4-9-21(27)25(19)28/h2-12,17,34H,13-16H2,1H3,(H,30,35). The van der Waals surface area contributed by atoms with E-state index in [0.29, 0.717) is 11.2 Å². The molecule has 0 radical (unpaired) electrons. The van der Waals surface area contributed by atoms with E-state index in [-0.39, 0.29) is 42.7 Å². The highest BCUT2D eigenvalue weighted by molar-refractivity contribution is 6.30. The molecule has 0 saturated carbocycles. The van der Waals surface area contributed by atoms with Crippen molar-refractivity contribution in [1.82, 2.24) is 25.0 Å². The zero-order valence-electron chi connectivity index (χ0n) is 19.6. The molecule has 4 aromatic rings. The molecule has 2 aromatic heterocycles. The van der Waals surface area contributed by atoms with Crippen LogP contribution in [0.25, 0.3) is 10.9 Å². The van der Waals surface area contributed by atoms with Gasteiger partial charge < -0.3 is 15.3 Å². The van der Waals surface area contributed by atoms with Crippen LogP contribution in [0.2, 0.25) is 5.02 Å². The molecule has 0 aliphatic rings. The summed E-state index contributed by atoms with van der Waals surface area (Å²) in [5.74, 6) is -1.41. The topological polar surface area (TPSA) is 100 Å². The van der Waals surface area contributed by atoms with Crippen molar-refractivity contribution in [3.8, 4) is 0 Å². The number of hydrogen-bond donors (Lipinski definition) is 2. The Balaban J connectivity index is 1.52. The van der Waals surface area contributed by atoms with E-state index in [0.717, 1.165) is 10.9 Å². The van der Waals surface area contributed by atoms with Crippen molar-refractivity contribution in [2.45, 2.75) is 32.7 Å². The lowest BCUT2D eigenvalue weighted by molar-refractivity contribution is -0.137. The second-order valence-corrected chi connectivity index (χ2v) is 8.74. The van der Waals surface area contributed by atoms with Crippen molar-refractivity contribution < 1.29 is 19.1 Å². The number of aliphatic hydroxyl groups excluding tert-OH is 1. The molecule has 10 heteroatoms. The summed E-state index contributed by atoms with van der Waals surface area (Å²) in [4.78, 5) is 31.6. The molecular formula is C26H25ClFN5O3. The monoisotopic (exact) mass is 509 g/mol. The van der Waals surface area contributed by atoms with Gasteiger partial charge in [0, 0.05) is 36.4 Å². The number of pyridine rings is 1. The summed E-state index contributed by atoms with van der Waals surface area (Å²) in [6.07, 6.45) is 2.43. The number of carbonyl (C=O) groups excluding carboxylic acids is 2. The third-order valence-electron chi connectivity index (χ3n) is 5.66. The van der Waals surface area contributed by atoms with Gasteiger partial charge in [-0.25, -0.2) is 4.39 Å². The summed E-state index contributed by atoms with van der Waals surface area (Å²) in [5, 5.41) is 17.9. The van der Waals surface area contributed by atoms with Gasteiger partial charge in [-0.2, -0.15) is 5.10 Å². The fraction of sp³-hybridized carbons (Fsp3) is 0.231. The summed E-state index contributed by atoms with van der Waals surface area (Å²) in [6.45, 7) is 1.31. The number of fused-ring (bicyclic) bond motifs is 1. The summed E-state index contributed by atoms with van der Waals surface area (Å²) < 4.78 is 15.7. The molecule has 2 N–H and O–H groups in total. The predicted molar refractivity (Wildman–Crippen MR) is 133 cm³/mol. The van der Waals surface area contributed by atoms with E-state index >= 15 is 0 Å². The Morgan fingerprint density at radius 2 is 1.97 bits per heavy atom. The fourth-order valence-electron chi connectivity index (χ4n) is 3.86. The maximum Gasteiger partial charge on any atom is 0.245 e. The molecule has 0 saturated heterocycles. The maximum atomic E-state index is 14.2. The van der Waals surface area contributed by atoms with Crippen molar-refractivity contribution in [3.63, 3.8) is 0 Å². The van der Waals surface area contributed by atoms with E-state index in [1.807, 2.05) is 24.3 Å². The highest BCUT2D eigenvalue weighted by Gasteiger charge is 2.22. The van der Waals surface area contributed by atoms with E-state index in [4.69, 9.17) is 11.6 Å². The van der Waals surface area contributed by atoms with Gasteiger partial charge in [0.1, 0.15) is 12.4 Å². The van der Waals surface area contributed by atoms with Gasteiger partial charge in [0.15, 0.2) is 0 Å². The van der Waals surface area contributed by atoms with Crippen molar-refractivity contribution in [3.05, 3.63) is 94.7 Å². The van der Waals surface area contributed by atoms with Gasteiger partial charge in [-0.05, 0) is 30.7 Å². The first-order chi connectivity index (χ1) is 17.3. The summed E-state index contributed by atoms with van der Waals surface area (Å²) in [7, 11) is 0. The Hall–Kier alpha value is -3.82. The average molecular weight is 510 g/mol. The number of para-hydroxylation sites is 1. The fourth-order valence-corrected chi connectivity index (χ4v) is 4.06. The van der Waals surface area contributed by atoms with Crippen molar-refractivity contribution in [2.24, 2.45) is 0 Å². The lowest BCUT2D eigenvalue weighted by atomic mass is 10.1. The van der Waals surface area contributed by atoms with Gasteiger partial charge in [-0.15, -0.1) is 0 Å². The van der Waals surface area contributed by atoms with Gasteiger partial charge in [0.25, 0.3) is 0 Å². The molecule has 36 heavy (non-hydrogen) atoms. The molecule has 2 aromatic carbocycles. The quantitative estimate of drug-likeness (QED) is 0.359. The van der Waals surface area contributed by atoms with Gasteiger partial charge in [-0.1, -0.05) is 48.0 Å². The number of amides is 2. The molecular weight excluding hydrogens is 485 g/mol. The number of nitrogens with one attached hydrogen (secondary N) is 1. The smallest absolute Gasteiger partial charge is 0.245 e. The van der Waals surface area contributed by atoms with Crippen LogP contribution in [0.5, 0.6) is 0 Å². The lowest BCUT2D eigenvalue weighted by Crippen LogP contribution is -2.41. The Morgan fingerprint density at radius 1 is 1.17 bits per heavy atom. The van der Waals surface area contributed by atoms with Gasteiger partial charge in [-0.3, -0.25) is 19.3 Å². The molecule has 0 bridgehead atoms. The third kappa shape index (κ3) is 5.87. The van der Waals surface area contributed by atoms with Crippen LogP contribution in [-0.2, 0) is 29.2 Å². The molecule has 4 rings (SSSR count). The van der Waals surface area contributed by atoms with Crippen LogP contribution in [0, 0.1) is 5.82 Å². The van der Waals surface area contributed by atoms with E-state index in [2.05, 4.69) is 15.4 Å². The molecule has 186 valence electrons. The maximum absolute atomic E-state index is 14.2. The number of aromatic nitrogens is 3. The third-order valence-corrected chi connectivity index (χ3v) is 5.95. The molecule has 2 heterocycles. The highest BCUT2D eigenvalue weighted by atomic mass is 35.5. The summed E-state index contributed by atoms with van der Waals surface area (Å²) in [5.41, 5.74) is 2.16. The van der Waals surface area contributed by atoms with E-state index in [1.54, 1.807) is 37.5 Å². The summed E-state index contributed by atoms with van der Waals surface area (Å²) in [6, 6.07) is 15.4. The first-order valence-electron chi connectivity index (χ1n) is 11.3. The van der Waals surface area contributed by atoms with Crippen LogP contribution in [-0.4, -0.2) is 43.1 Å². The molecule has 0 fully saturated rings. The van der Waals surface area contributed by atoms with Crippen LogP contribution < -0.4 is 5.32 Å². The van der Waals surface area contributed by atoms with Crippen LogP contribution >= 0.6 is 11.6 Å². The van der Waals surface area contributed by atoms with Gasteiger partial charge in [0.05, 0.1) is 28.9 Å². The Kier molecular flexibility index (Phi) is 7.92. The largest absolute Gasteiger partial charge is 0.387 e. The van der Waals surface area contributed by atoms with Crippen LogP contribution in [0.1, 0.15) is 29.8 Å². The zero-order valence-corrected chi connectivity index (χ0v) is 20.3. The molecule has 1 atom stereocenters. The van der Waals surface area contributed by atoms with Crippen LogP contribution in [0.4, 0.5) is 4.39 Å². The zero-order chi connectivity index (χ0) is 25.7. The van der Waals surface area contributed by atoms with Gasteiger partial charge >= 0.3 is 0 Å². The van der Waals surface area contributed by atoms with Gasteiger partial charge in [0.2, 0.25) is 11.8 Å². The van der Waals surface area contributed by atoms with Crippen molar-refractivity contribution in [1.29, 1.82) is 0 Å². The molecule has 8 nitrogen and oxygen atoms in total. The first kappa shape index (κ1) is 25.3. The molecule has 0 spiro atoms. The Labute approximate surface area is 212 Å². The number of aliphatic hydroxyl groups is 1. The normalized spacial score (nSPS) is 11.9. The van der Waals surface area contributed by atoms with E-state index in [9.17, 15) is 19.1 Å². The van der Waals surface area contributed by atoms with E-state index in [1.165, 1.54) is 21.7 Å². The highest BCUT2D eigenvalue weighted by Crippen LogP contribution is 2.23. The molecule has 2 amide bonds. The summed E-state index contributed by atoms with van der Waals surface area (Å²) >= 11 is 5.81. The number of benzene rings is 2. The minimum Gasteiger partial charge on any atom is -0.387 e. The Bertz CT molecular complexity index is 1380. The molecule has 0 aliphatic carbocycles. The number of hydrogen-bond acceptors (Lipinski definition) is 5. The average Bonchev–Trinajstić information content (AvgIpc) is 3.24. The minimum atomic E-state index is -0.810. The second kappa shape index (κ2) is 11.3. The molecule has 1 unspecified atom stereocenters. The van der Waals surface area contributed by atoms with Crippen molar-refractivity contribution in [2.75, 3.05) is 6.54 Å². The van der Waals surface area contributed by atoms with Crippen LogP contribution in [0.3, 0.4) is 0 Å². The Morgan fingerprint density at radius 3 is 2.72 bits per heavy atom. The number of rotatable bonds is 9. The number of nitrogens with zero attached hydrogens (tertiary/aromatic N) is 4. The SMILES string of the molecule is CC(O)c1nn(CC(=O)N(CC(=O)NCc2cccc(Cl)c2F)Cc2cccnc2)c2ccccc12. The van der Waals surface area contributed by atoms with Crippen molar-refractivity contribution >= 4 is 34.3 Å². The minimum absolute atomic E-state index is 0.0295. The number of halogens is 2. The molecule has 0 aliphatic heterocycles. The second-order valence-electron chi connectivity index (χ2n) is 8.34. The van der Waals surface area contributed by atoms with Crippen LogP contribution in [0.15, 0.2) is 67.0 Å². The number of carbonyl (C=O) groups is 2. The van der Waals surface area contributed by atoms with E-state index < -0.39 is 17.8 Å². The lowest BCUT2D eigenvalue weighted by Gasteiger charge is -2.22. The predicted octanol–water partition coefficient (Wildman–Crippen LogP) is 3.62. The first-order valence-corrected chi connectivity index (χ1v) is 11.7.